The topological polar surface area (TPSA) is 39.7 Å². The average molecular weight is 300 g/mol. The van der Waals surface area contributed by atoms with Crippen molar-refractivity contribution in [3.63, 3.8) is 0 Å². The number of aromatic nitrogens is 1. The third-order valence-corrected chi connectivity index (χ3v) is 4.78. The van der Waals surface area contributed by atoms with Crippen molar-refractivity contribution in [3.05, 3.63) is 42.2 Å². The van der Waals surface area contributed by atoms with Crippen LogP contribution in [0, 0.1) is 0 Å². The Morgan fingerprint density at radius 1 is 1.27 bits per heavy atom. The first-order valence-electron chi connectivity index (χ1n) is 8.03. The zero-order chi connectivity index (χ0) is 15.6. The van der Waals surface area contributed by atoms with Gasteiger partial charge < -0.3 is 9.80 Å². The molecule has 2 aliphatic heterocycles. The highest BCUT2D eigenvalue weighted by Crippen LogP contribution is 2.37. The molecule has 2 aliphatic rings. The lowest BCUT2D eigenvalue weighted by molar-refractivity contribution is -0.134. The molecule has 0 spiro atoms. The number of nitrogens with zero attached hydrogens (tertiary/aromatic N) is 4. The first-order chi connectivity index (χ1) is 10.7. The van der Waals surface area contributed by atoms with Crippen molar-refractivity contribution < 1.29 is 4.79 Å². The highest BCUT2D eigenvalue weighted by Gasteiger charge is 2.46. The molecular formula is C17H24N4O. The number of hydrogen-bond acceptors (Lipinski definition) is 4. The molecule has 5 nitrogen and oxygen atoms in total. The van der Waals surface area contributed by atoms with Gasteiger partial charge in [0.25, 0.3) is 0 Å². The van der Waals surface area contributed by atoms with Gasteiger partial charge in [-0.1, -0.05) is 13.0 Å². The van der Waals surface area contributed by atoms with Crippen LogP contribution in [0.25, 0.3) is 0 Å². The molecule has 1 amide bonds. The monoisotopic (exact) mass is 300 g/mol. The largest absolute Gasteiger partial charge is 0.316 e. The molecule has 1 unspecified atom stereocenters. The lowest BCUT2D eigenvalue weighted by Gasteiger charge is -2.48. The van der Waals surface area contributed by atoms with Crippen LogP contribution in [0.5, 0.6) is 0 Å². The molecule has 1 aromatic rings. The minimum atomic E-state index is -0.482. The minimum Gasteiger partial charge on any atom is -0.316 e. The van der Waals surface area contributed by atoms with Gasteiger partial charge in [-0.3, -0.25) is 14.7 Å². The Morgan fingerprint density at radius 3 is 2.59 bits per heavy atom. The van der Waals surface area contributed by atoms with Crippen molar-refractivity contribution >= 4 is 5.91 Å². The van der Waals surface area contributed by atoms with Gasteiger partial charge in [0, 0.05) is 57.3 Å². The molecule has 118 valence electrons. The van der Waals surface area contributed by atoms with E-state index >= 15 is 0 Å². The fourth-order valence-corrected chi connectivity index (χ4v) is 3.58. The van der Waals surface area contributed by atoms with Crippen LogP contribution >= 0.6 is 0 Å². The number of amides is 1. The van der Waals surface area contributed by atoms with E-state index in [9.17, 15) is 4.79 Å². The maximum atomic E-state index is 12.2. The highest BCUT2D eigenvalue weighted by molar-refractivity contribution is 5.91. The van der Waals surface area contributed by atoms with E-state index in [-0.39, 0.29) is 5.91 Å². The molecule has 1 atom stereocenters. The van der Waals surface area contributed by atoms with Crippen LogP contribution in [-0.2, 0) is 10.5 Å². The van der Waals surface area contributed by atoms with Gasteiger partial charge in [-0.05, 0) is 25.1 Å². The number of piperazine rings is 1. The Hall–Kier alpha value is -1.72. The van der Waals surface area contributed by atoms with Gasteiger partial charge in [-0.2, -0.15) is 0 Å². The molecule has 0 aromatic carbocycles. The maximum absolute atomic E-state index is 12.2. The SMILES string of the molecule is CCCN1CCN(C2(c3cccnc3)C=CC(=O)N2C)CC1. The van der Waals surface area contributed by atoms with E-state index in [1.54, 1.807) is 12.3 Å². The van der Waals surface area contributed by atoms with Crippen LogP contribution in [0.15, 0.2) is 36.7 Å². The van der Waals surface area contributed by atoms with Crippen molar-refractivity contribution in [2.45, 2.75) is 19.0 Å². The molecule has 3 rings (SSSR count). The first kappa shape index (κ1) is 15.2. The predicted octanol–water partition coefficient (Wildman–Crippen LogP) is 1.29. The van der Waals surface area contributed by atoms with Crippen LogP contribution in [0.1, 0.15) is 18.9 Å². The lowest BCUT2D eigenvalue weighted by atomic mass is 9.98. The molecule has 5 heteroatoms. The summed E-state index contributed by atoms with van der Waals surface area (Å²) in [6.45, 7) is 7.37. The molecule has 0 bridgehead atoms. The van der Waals surface area contributed by atoms with Gasteiger partial charge in [0.05, 0.1) is 0 Å². The summed E-state index contributed by atoms with van der Waals surface area (Å²) in [6, 6.07) is 4.00. The molecule has 0 saturated carbocycles. The Bertz CT molecular complexity index is 551. The standard InChI is InChI=1S/C17H24N4O/c1-3-9-20-10-12-21(13-11-20)17(7-6-16(22)19(17)2)15-5-4-8-18-14-15/h4-8,14H,3,9-13H2,1-2H3. The summed E-state index contributed by atoms with van der Waals surface area (Å²) in [4.78, 5) is 23.1. The fourth-order valence-electron chi connectivity index (χ4n) is 3.58. The van der Waals surface area contributed by atoms with E-state index in [1.165, 1.54) is 6.42 Å². The number of carbonyl (C=O) groups is 1. The maximum Gasteiger partial charge on any atom is 0.248 e. The van der Waals surface area contributed by atoms with Crippen LogP contribution in [0.3, 0.4) is 0 Å². The van der Waals surface area contributed by atoms with Crippen LogP contribution < -0.4 is 0 Å². The number of rotatable bonds is 4. The second-order valence-corrected chi connectivity index (χ2v) is 6.03. The molecule has 0 aliphatic carbocycles. The van der Waals surface area contributed by atoms with Gasteiger partial charge in [-0.15, -0.1) is 0 Å². The second-order valence-electron chi connectivity index (χ2n) is 6.03. The van der Waals surface area contributed by atoms with Crippen molar-refractivity contribution in [3.8, 4) is 0 Å². The van der Waals surface area contributed by atoms with Gasteiger partial charge in [0.2, 0.25) is 5.91 Å². The Kier molecular flexibility index (Phi) is 4.27. The van der Waals surface area contributed by atoms with Gasteiger partial charge in [0.1, 0.15) is 5.66 Å². The quantitative estimate of drug-likeness (QED) is 0.840. The number of likely N-dealkylation sites (N-methyl/N-ethyl adjacent to an activating group) is 1. The summed E-state index contributed by atoms with van der Waals surface area (Å²) >= 11 is 0. The smallest absolute Gasteiger partial charge is 0.248 e. The molecule has 3 heterocycles. The van der Waals surface area contributed by atoms with Crippen molar-refractivity contribution in [2.75, 3.05) is 39.8 Å². The van der Waals surface area contributed by atoms with Gasteiger partial charge in [0.15, 0.2) is 0 Å². The third kappa shape index (κ3) is 2.44. The normalized spacial score (nSPS) is 26.8. The molecule has 1 aromatic heterocycles. The number of pyridine rings is 1. The Morgan fingerprint density at radius 2 is 2.05 bits per heavy atom. The van der Waals surface area contributed by atoms with E-state index in [0.29, 0.717) is 0 Å². The summed E-state index contributed by atoms with van der Waals surface area (Å²) in [7, 11) is 1.88. The predicted molar refractivity (Wildman–Crippen MR) is 86.1 cm³/mol. The number of hydrogen-bond donors (Lipinski definition) is 0. The fraction of sp³-hybridized carbons (Fsp3) is 0.529. The zero-order valence-electron chi connectivity index (χ0n) is 13.4. The lowest BCUT2D eigenvalue weighted by Crippen LogP contribution is -2.60. The first-order valence-corrected chi connectivity index (χ1v) is 8.03. The Balaban J connectivity index is 1.89. The van der Waals surface area contributed by atoms with Crippen molar-refractivity contribution in [2.24, 2.45) is 0 Å². The summed E-state index contributed by atoms with van der Waals surface area (Å²) < 4.78 is 0. The molecule has 0 N–H and O–H groups in total. The third-order valence-electron chi connectivity index (χ3n) is 4.78. The molecule has 0 radical (unpaired) electrons. The summed E-state index contributed by atoms with van der Waals surface area (Å²) in [5, 5.41) is 0. The average Bonchev–Trinajstić information content (AvgIpc) is 2.86. The van der Waals surface area contributed by atoms with E-state index in [1.807, 2.05) is 30.3 Å². The second kappa shape index (κ2) is 6.18. The summed E-state index contributed by atoms with van der Waals surface area (Å²) in [5.74, 6) is 0.0554. The van der Waals surface area contributed by atoms with E-state index in [4.69, 9.17) is 0 Å². The van der Waals surface area contributed by atoms with Crippen molar-refractivity contribution in [1.29, 1.82) is 0 Å². The zero-order valence-corrected chi connectivity index (χ0v) is 13.4. The minimum absolute atomic E-state index is 0.0554. The van der Waals surface area contributed by atoms with E-state index in [0.717, 1.165) is 38.3 Å². The molecular weight excluding hydrogens is 276 g/mol. The van der Waals surface area contributed by atoms with Gasteiger partial charge in [-0.25, -0.2) is 0 Å². The molecule has 22 heavy (non-hydrogen) atoms. The molecule has 1 fully saturated rings. The van der Waals surface area contributed by atoms with Crippen LogP contribution in [-0.4, -0.2) is 65.4 Å². The summed E-state index contributed by atoms with van der Waals surface area (Å²) in [6.07, 6.45) is 8.55. The Labute approximate surface area is 132 Å². The summed E-state index contributed by atoms with van der Waals surface area (Å²) in [5.41, 5.74) is 0.576. The van der Waals surface area contributed by atoms with E-state index in [2.05, 4.69) is 27.8 Å². The van der Waals surface area contributed by atoms with E-state index < -0.39 is 5.66 Å². The van der Waals surface area contributed by atoms with Gasteiger partial charge >= 0.3 is 0 Å². The molecule has 1 saturated heterocycles. The number of carbonyl (C=O) groups excluding carboxylic acids is 1. The van der Waals surface area contributed by atoms with Crippen molar-refractivity contribution in [1.82, 2.24) is 19.7 Å². The highest BCUT2D eigenvalue weighted by atomic mass is 16.2. The van der Waals surface area contributed by atoms with Crippen LogP contribution in [0.2, 0.25) is 0 Å². The van der Waals surface area contributed by atoms with Crippen LogP contribution in [0.4, 0.5) is 0 Å².